The van der Waals surface area contributed by atoms with Crippen molar-refractivity contribution < 1.29 is 9.59 Å². The van der Waals surface area contributed by atoms with Crippen molar-refractivity contribution >= 4 is 29.4 Å². The number of aromatic nitrogens is 1. The number of carbonyl (C=O) groups excluding carboxylic acids is 2. The second-order valence-corrected chi connectivity index (χ2v) is 5.91. The lowest BCUT2D eigenvalue weighted by molar-refractivity contribution is -0.130. The van der Waals surface area contributed by atoms with Gasteiger partial charge in [-0.3, -0.25) is 9.69 Å². The van der Waals surface area contributed by atoms with Crippen LogP contribution in [0.25, 0.3) is 0 Å². The van der Waals surface area contributed by atoms with Gasteiger partial charge in [-0.25, -0.2) is 9.78 Å². The first-order chi connectivity index (χ1) is 8.90. The molecule has 1 aliphatic heterocycles. The number of nitrogens with two attached hydrogens (primary N) is 1. The molecule has 0 spiro atoms. The summed E-state index contributed by atoms with van der Waals surface area (Å²) in [5.41, 5.74) is 5.35. The third kappa shape index (κ3) is 2.98. The van der Waals surface area contributed by atoms with Gasteiger partial charge in [-0.15, -0.1) is 11.8 Å². The zero-order valence-electron chi connectivity index (χ0n) is 10.8. The highest BCUT2D eigenvalue weighted by atomic mass is 32.2. The molecular weight excluding hydrogens is 264 g/mol. The number of amides is 3. The predicted molar refractivity (Wildman–Crippen MR) is 73.7 cm³/mol. The van der Waals surface area contributed by atoms with Crippen LogP contribution < -0.4 is 11.1 Å². The maximum atomic E-state index is 11.9. The van der Waals surface area contributed by atoms with Crippen LogP contribution in [-0.2, 0) is 4.79 Å². The third-order valence-corrected chi connectivity index (χ3v) is 3.69. The molecule has 102 valence electrons. The summed E-state index contributed by atoms with van der Waals surface area (Å²) in [6.07, 6.45) is 1.58. The molecule has 0 unspecified atom stereocenters. The third-order valence-electron chi connectivity index (χ3n) is 2.77. The smallest absolute Gasteiger partial charge is 0.325 e. The number of hydrogen-bond donors (Lipinski definition) is 2. The normalized spacial score (nSPS) is 17.7. The van der Waals surface area contributed by atoms with Gasteiger partial charge in [0, 0.05) is 12.3 Å². The molecule has 0 saturated carbocycles. The van der Waals surface area contributed by atoms with Crippen molar-refractivity contribution in [2.24, 2.45) is 0 Å². The van der Waals surface area contributed by atoms with E-state index in [0.29, 0.717) is 18.0 Å². The lowest BCUT2D eigenvalue weighted by atomic mass is 10.1. The number of pyridine rings is 1. The summed E-state index contributed by atoms with van der Waals surface area (Å²) in [4.78, 5) is 28.9. The van der Waals surface area contributed by atoms with Crippen LogP contribution in [0.2, 0.25) is 0 Å². The number of anilines is 1. The Kier molecular flexibility index (Phi) is 3.66. The number of nitrogens with zero attached hydrogens (tertiary/aromatic N) is 2. The fourth-order valence-electron chi connectivity index (χ4n) is 1.74. The average Bonchev–Trinajstić information content (AvgIpc) is 2.53. The van der Waals surface area contributed by atoms with Gasteiger partial charge < -0.3 is 11.1 Å². The van der Waals surface area contributed by atoms with Crippen molar-refractivity contribution in [1.82, 2.24) is 15.2 Å². The van der Waals surface area contributed by atoms with Crippen LogP contribution in [0.15, 0.2) is 23.4 Å². The van der Waals surface area contributed by atoms with Crippen molar-refractivity contribution in [3.63, 3.8) is 0 Å². The van der Waals surface area contributed by atoms with Crippen LogP contribution in [-0.4, -0.2) is 39.7 Å². The van der Waals surface area contributed by atoms with Gasteiger partial charge in [-0.1, -0.05) is 0 Å². The molecule has 0 radical (unpaired) electrons. The number of carbonyl (C=O) groups is 2. The minimum absolute atomic E-state index is 0.191. The molecule has 19 heavy (non-hydrogen) atoms. The van der Waals surface area contributed by atoms with Crippen molar-refractivity contribution in [2.75, 3.05) is 18.0 Å². The van der Waals surface area contributed by atoms with Gasteiger partial charge in [0.25, 0.3) is 5.91 Å². The highest BCUT2D eigenvalue weighted by Crippen LogP contribution is 2.20. The second kappa shape index (κ2) is 5.08. The Morgan fingerprint density at radius 1 is 1.42 bits per heavy atom. The zero-order valence-corrected chi connectivity index (χ0v) is 11.7. The lowest BCUT2D eigenvalue weighted by Gasteiger charge is -2.15. The number of imide groups is 1. The van der Waals surface area contributed by atoms with E-state index in [2.05, 4.69) is 10.3 Å². The van der Waals surface area contributed by atoms with Crippen LogP contribution in [0.1, 0.15) is 13.8 Å². The van der Waals surface area contributed by atoms with E-state index < -0.39 is 5.54 Å². The van der Waals surface area contributed by atoms with Crippen molar-refractivity contribution in [3.05, 3.63) is 18.3 Å². The number of thioether (sulfide) groups is 1. The number of rotatable bonds is 4. The molecule has 0 aromatic carbocycles. The van der Waals surface area contributed by atoms with E-state index >= 15 is 0 Å². The molecular formula is C12H16N4O2S. The Bertz CT molecular complexity index is 501. The van der Waals surface area contributed by atoms with Crippen LogP contribution in [0.3, 0.4) is 0 Å². The Morgan fingerprint density at radius 3 is 2.68 bits per heavy atom. The maximum absolute atomic E-state index is 11.9. The summed E-state index contributed by atoms with van der Waals surface area (Å²) in [6.45, 7) is 3.76. The first-order valence-corrected chi connectivity index (χ1v) is 6.87. The van der Waals surface area contributed by atoms with Crippen molar-refractivity contribution in [3.8, 4) is 0 Å². The van der Waals surface area contributed by atoms with Crippen LogP contribution in [0.4, 0.5) is 10.5 Å². The van der Waals surface area contributed by atoms with E-state index in [0.717, 1.165) is 5.03 Å². The monoisotopic (exact) mass is 280 g/mol. The summed E-state index contributed by atoms with van der Waals surface area (Å²) in [5, 5.41) is 3.47. The predicted octanol–water partition coefficient (Wildman–Crippen LogP) is 1.09. The van der Waals surface area contributed by atoms with E-state index in [1.165, 1.54) is 16.7 Å². The van der Waals surface area contributed by atoms with Gasteiger partial charge in [0.15, 0.2) is 0 Å². The molecule has 1 aromatic rings. The first kappa shape index (κ1) is 13.7. The van der Waals surface area contributed by atoms with Crippen molar-refractivity contribution in [2.45, 2.75) is 24.4 Å². The molecule has 0 atom stereocenters. The quantitative estimate of drug-likeness (QED) is 0.636. The fraction of sp³-hybridized carbons (Fsp3) is 0.417. The summed E-state index contributed by atoms with van der Waals surface area (Å²) >= 11 is 1.48. The Hall–Kier alpha value is -1.76. The summed E-state index contributed by atoms with van der Waals surface area (Å²) < 4.78 is 0. The summed E-state index contributed by atoms with van der Waals surface area (Å²) in [6, 6.07) is 3.25. The zero-order chi connectivity index (χ0) is 14.0. The Morgan fingerprint density at radius 2 is 2.16 bits per heavy atom. The molecule has 1 aromatic heterocycles. The molecule has 3 N–H and O–H groups in total. The molecule has 1 aliphatic rings. The highest BCUT2D eigenvalue weighted by molar-refractivity contribution is 7.99. The van der Waals surface area contributed by atoms with Gasteiger partial charge in [-0.05, 0) is 26.0 Å². The van der Waals surface area contributed by atoms with Crippen LogP contribution >= 0.6 is 11.8 Å². The summed E-state index contributed by atoms with van der Waals surface area (Å²) in [5.74, 6) is 0.412. The average molecular weight is 280 g/mol. The SMILES string of the molecule is CC1(C)NC(=O)N(CCSc2ccc(N)cn2)C1=O. The fourth-order valence-corrected chi connectivity index (χ4v) is 2.51. The number of hydrogen-bond acceptors (Lipinski definition) is 5. The molecule has 1 fully saturated rings. The largest absolute Gasteiger partial charge is 0.397 e. The van der Waals surface area contributed by atoms with E-state index in [-0.39, 0.29) is 11.9 Å². The van der Waals surface area contributed by atoms with Gasteiger partial charge in [0.2, 0.25) is 0 Å². The molecule has 6 nitrogen and oxygen atoms in total. The molecule has 1 saturated heterocycles. The van der Waals surface area contributed by atoms with E-state index in [4.69, 9.17) is 5.73 Å². The Balaban J connectivity index is 1.88. The number of nitrogen functional groups attached to an aromatic ring is 1. The number of urea groups is 1. The van der Waals surface area contributed by atoms with Gasteiger partial charge in [0.1, 0.15) is 5.54 Å². The van der Waals surface area contributed by atoms with Crippen molar-refractivity contribution in [1.29, 1.82) is 0 Å². The van der Waals surface area contributed by atoms with E-state index in [1.807, 2.05) is 6.07 Å². The van der Waals surface area contributed by atoms with Crippen LogP contribution in [0, 0.1) is 0 Å². The standard InChI is InChI=1S/C12H16N4O2S/c1-12(2)10(17)16(11(18)15-12)5-6-19-9-4-3-8(13)7-14-9/h3-4,7H,5-6,13H2,1-2H3,(H,15,18). The van der Waals surface area contributed by atoms with Gasteiger partial charge in [0.05, 0.1) is 16.9 Å². The highest BCUT2D eigenvalue weighted by Gasteiger charge is 2.43. The number of nitrogens with one attached hydrogen (secondary N) is 1. The molecule has 7 heteroatoms. The first-order valence-electron chi connectivity index (χ1n) is 5.88. The summed E-state index contributed by atoms with van der Waals surface area (Å²) in [7, 11) is 0. The Labute approximate surface area is 115 Å². The minimum atomic E-state index is -0.804. The molecule has 2 rings (SSSR count). The minimum Gasteiger partial charge on any atom is -0.397 e. The van der Waals surface area contributed by atoms with E-state index in [9.17, 15) is 9.59 Å². The second-order valence-electron chi connectivity index (χ2n) is 4.79. The maximum Gasteiger partial charge on any atom is 0.325 e. The molecule has 3 amide bonds. The van der Waals surface area contributed by atoms with Crippen LogP contribution in [0.5, 0.6) is 0 Å². The van der Waals surface area contributed by atoms with Gasteiger partial charge in [-0.2, -0.15) is 0 Å². The lowest BCUT2D eigenvalue weighted by Crippen LogP contribution is -2.40. The topological polar surface area (TPSA) is 88.3 Å². The molecule has 2 heterocycles. The van der Waals surface area contributed by atoms with E-state index in [1.54, 1.807) is 26.1 Å². The van der Waals surface area contributed by atoms with Gasteiger partial charge >= 0.3 is 6.03 Å². The molecule has 0 aliphatic carbocycles. The molecule has 0 bridgehead atoms.